The third-order valence-corrected chi connectivity index (χ3v) is 4.95. The molecular formula is C15H16ClN3O2S. The van der Waals surface area contributed by atoms with Crippen molar-refractivity contribution < 1.29 is 9.53 Å². The Hall–Kier alpha value is -1.79. The number of benzene rings is 1. The highest BCUT2D eigenvalue weighted by Crippen LogP contribution is 2.29. The first-order chi connectivity index (χ1) is 10.7. The fourth-order valence-electron chi connectivity index (χ4n) is 2.51. The monoisotopic (exact) mass is 337 g/mol. The molecule has 1 aliphatic rings. The van der Waals surface area contributed by atoms with Crippen LogP contribution in [0.2, 0.25) is 5.15 Å². The van der Waals surface area contributed by atoms with Gasteiger partial charge < -0.3 is 15.0 Å². The number of halogens is 1. The quantitative estimate of drug-likeness (QED) is 0.868. The number of thiazole rings is 1. The lowest BCUT2D eigenvalue weighted by Crippen LogP contribution is -2.25. The summed E-state index contributed by atoms with van der Waals surface area (Å²) in [4.78, 5) is 18.4. The lowest BCUT2D eigenvalue weighted by molar-refractivity contribution is 0.0606. The summed E-state index contributed by atoms with van der Waals surface area (Å²) in [7, 11) is 1.33. The topological polar surface area (TPSA) is 54.5 Å². The van der Waals surface area contributed by atoms with Crippen LogP contribution in [0.5, 0.6) is 0 Å². The fourth-order valence-corrected chi connectivity index (χ4v) is 3.69. The highest BCUT2D eigenvalue weighted by atomic mass is 35.5. The highest BCUT2D eigenvalue weighted by molar-refractivity contribution is 7.18. The molecule has 0 amide bonds. The fraction of sp³-hybridized carbons (Fsp3) is 0.333. The molecule has 1 atom stereocenters. The molecule has 22 heavy (non-hydrogen) atoms. The maximum absolute atomic E-state index is 11.5. The summed E-state index contributed by atoms with van der Waals surface area (Å²) in [5.74, 6) is -0.451. The molecule has 0 spiro atoms. The zero-order valence-electron chi connectivity index (χ0n) is 12.1. The van der Waals surface area contributed by atoms with Gasteiger partial charge in [-0.25, -0.2) is 9.78 Å². The predicted octanol–water partition coefficient (Wildman–Crippen LogP) is 3.27. The van der Waals surface area contributed by atoms with Gasteiger partial charge in [0.2, 0.25) is 0 Å². The Labute approximate surface area is 137 Å². The summed E-state index contributed by atoms with van der Waals surface area (Å²) in [6.07, 6.45) is 1.01. The molecule has 116 valence electrons. The average Bonchev–Trinajstić information content (AvgIpc) is 3.14. The van der Waals surface area contributed by atoms with Crippen molar-refractivity contribution in [1.82, 2.24) is 4.98 Å². The van der Waals surface area contributed by atoms with Crippen LogP contribution >= 0.6 is 22.9 Å². The van der Waals surface area contributed by atoms with Crippen LogP contribution < -0.4 is 10.2 Å². The molecule has 1 aliphatic heterocycles. The number of carbonyl (C=O) groups is 1. The number of rotatable bonds is 4. The van der Waals surface area contributed by atoms with E-state index >= 15 is 0 Å². The molecule has 1 saturated heterocycles. The van der Waals surface area contributed by atoms with Crippen molar-refractivity contribution in [2.45, 2.75) is 12.5 Å². The van der Waals surface area contributed by atoms with E-state index in [4.69, 9.17) is 11.6 Å². The molecule has 3 rings (SSSR count). The highest BCUT2D eigenvalue weighted by Gasteiger charge is 2.25. The van der Waals surface area contributed by atoms with Gasteiger partial charge in [0.25, 0.3) is 0 Å². The van der Waals surface area contributed by atoms with Crippen LogP contribution in [-0.4, -0.2) is 37.2 Å². The molecular weight excluding hydrogens is 322 g/mol. The molecule has 1 aromatic carbocycles. The SMILES string of the molecule is COC(=O)c1sc(NC2CCN(c3ccccc3)C2)nc1Cl. The van der Waals surface area contributed by atoms with E-state index in [9.17, 15) is 4.79 Å². The van der Waals surface area contributed by atoms with Gasteiger partial charge in [-0.2, -0.15) is 0 Å². The molecule has 1 unspecified atom stereocenters. The molecule has 0 saturated carbocycles. The standard InChI is InChI=1S/C15H16ClN3O2S/c1-21-14(20)12-13(16)18-15(22-12)17-10-7-8-19(9-10)11-5-3-2-4-6-11/h2-6,10H,7-9H2,1H3,(H,17,18). The normalized spacial score (nSPS) is 17.5. The maximum Gasteiger partial charge on any atom is 0.351 e. The lowest BCUT2D eigenvalue weighted by atomic mass is 10.3. The lowest BCUT2D eigenvalue weighted by Gasteiger charge is -2.18. The summed E-state index contributed by atoms with van der Waals surface area (Å²) in [6.45, 7) is 1.89. The van der Waals surface area contributed by atoms with Crippen LogP contribution in [0, 0.1) is 0 Å². The van der Waals surface area contributed by atoms with Crippen molar-refractivity contribution >= 4 is 39.7 Å². The predicted molar refractivity (Wildman–Crippen MR) is 89.1 cm³/mol. The minimum Gasteiger partial charge on any atom is -0.465 e. The van der Waals surface area contributed by atoms with E-state index in [-0.39, 0.29) is 11.2 Å². The Morgan fingerprint density at radius 3 is 2.95 bits per heavy atom. The van der Waals surface area contributed by atoms with E-state index in [1.807, 2.05) is 18.2 Å². The van der Waals surface area contributed by atoms with Crippen molar-refractivity contribution in [3.05, 3.63) is 40.4 Å². The number of anilines is 2. The first-order valence-electron chi connectivity index (χ1n) is 6.98. The van der Waals surface area contributed by atoms with Crippen molar-refractivity contribution in [3.8, 4) is 0 Å². The van der Waals surface area contributed by atoms with Gasteiger partial charge in [-0.15, -0.1) is 0 Å². The van der Waals surface area contributed by atoms with Crippen molar-refractivity contribution in [2.75, 3.05) is 30.4 Å². The van der Waals surface area contributed by atoms with Gasteiger partial charge in [-0.3, -0.25) is 0 Å². The van der Waals surface area contributed by atoms with Crippen molar-refractivity contribution in [1.29, 1.82) is 0 Å². The number of ether oxygens (including phenoxy) is 1. The molecule has 7 heteroatoms. The third kappa shape index (κ3) is 3.18. The van der Waals surface area contributed by atoms with E-state index in [1.165, 1.54) is 24.1 Å². The Morgan fingerprint density at radius 2 is 2.23 bits per heavy atom. The van der Waals surface area contributed by atoms with E-state index in [0.717, 1.165) is 19.5 Å². The van der Waals surface area contributed by atoms with Crippen LogP contribution in [0.4, 0.5) is 10.8 Å². The summed E-state index contributed by atoms with van der Waals surface area (Å²) >= 11 is 7.21. The number of carbonyl (C=O) groups excluding carboxylic acids is 1. The molecule has 2 aromatic rings. The zero-order chi connectivity index (χ0) is 15.5. The number of aromatic nitrogens is 1. The van der Waals surface area contributed by atoms with Crippen molar-refractivity contribution in [3.63, 3.8) is 0 Å². The summed E-state index contributed by atoms with van der Waals surface area (Å²) in [5, 5.41) is 4.20. The second kappa shape index (κ2) is 6.54. The number of para-hydroxylation sites is 1. The van der Waals surface area contributed by atoms with Gasteiger partial charge >= 0.3 is 5.97 Å². The Morgan fingerprint density at radius 1 is 1.45 bits per heavy atom. The number of esters is 1. The summed E-state index contributed by atoms with van der Waals surface area (Å²) in [5.41, 5.74) is 1.22. The maximum atomic E-state index is 11.5. The smallest absolute Gasteiger partial charge is 0.351 e. The first kappa shape index (κ1) is 15.1. The first-order valence-corrected chi connectivity index (χ1v) is 8.18. The second-order valence-electron chi connectivity index (χ2n) is 5.04. The van der Waals surface area contributed by atoms with Crippen LogP contribution in [0.1, 0.15) is 16.1 Å². The van der Waals surface area contributed by atoms with Gasteiger partial charge in [0.1, 0.15) is 0 Å². The molecule has 1 N–H and O–H groups in total. The van der Waals surface area contributed by atoms with Crippen LogP contribution in [0.3, 0.4) is 0 Å². The molecule has 0 radical (unpaired) electrons. The Kier molecular flexibility index (Phi) is 4.49. The van der Waals surface area contributed by atoms with Crippen molar-refractivity contribution in [2.24, 2.45) is 0 Å². The van der Waals surface area contributed by atoms with Crippen LogP contribution in [0.25, 0.3) is 0 Å². The van der Waals surface area contributed by atoms with E-state index < -0.39 is 5.97 Å². The Balaban J connectivity index is 1.64. The number of nitrogens with zero attached hydrogens (tertiary/aromatic N) is 2. The summed E-state index contributed by atoms with van der Waals surface area (Å²) in [6, 6.07) is 10.6. The van der Waals surface area contributed by atoms with Crippen LogP contribution in [0.15, 0.2) is 30.3 Å². The molecule has 0 aliphatic carbocycles. The third-order valence-electron chi connectivity index (χ3n) is 3.59. The Bertz CT molecular complexity index is 662. The average molecular weight is 338 g/mol. The zero-order valence-corrected chi connectivity index (χ0v) is 13.7. The largest absolute Gasteiger partial charge is 0.465 e. The minimum atomic E-state index is -0.451. The van der Waals surface area contributed by atoms with E-state index in [2.05, 4.69) is 32.1 Å². The molecule has 1 fully saturated rings. The molecule has 5 nitrogen and oxygen atoms in total. The van der Waals surface area contributed by atoms with Crippen LogP contribution in [-0.2, 0) is 4.74 Å². The van der Waals surface area contributed by atoms with Gasteiger partial charge in [-0.05, 0) is 18.6 Å². The number of hydrogen-bond acceptors (Lipinski definition) is 6. The summed E-state index contributed by atoms with van der Waals surface area (Å²) < 4.78 is 4.69. The second-order valence-corrected chi connectivity index (χ2v) is 6.40. The number of methoxy groups -OCH3 is 1. The van der Waals surface area contributed by atoms with Gasteiger partial charge in [0.05, 0.1) is 7.11 Å². The minimum absolute atomic E-state index is 0.192. The number of hydrogen-bond donors (Lipinski definition) is 1. The van der Waals surface area contributed by atoms with E-state index in [1.54, 1.807) is 0 Å². The molecule has 2 heterocycles. The number of nitrogens with one attached hydrogen (secondary N) is 1. The molecule has 0 bridgehead atoms. The molecule has 1 aromatic heterocycles. The van der Waals surface area contributed by atoms with E-state index in [0.29, 0.717) is 10.0 Å². The van der Waals surface area contributed by atoms with Gasteiger partial charge in [0.15, 0.2) is 15.2 Å². The van der Waals surface area contributed by atoms with Gasteiger partial charge in [0, 0.05) is 24.8 Å². The van der Waals surface area contributed by atoms with Gasteiger partial charge in [-0.1, -0.05) is 41.1 Å².